The summed E-state index contributed by atoms with van der Waals surface area (Å²) < 4.78 is 7.19. The van der Waals surface area contributed by atoms with Gasteiger partial charge in [-0.3, -0.25) is 4.68 Å². The van der Waals surface area contributed by atoms with E-state index in [-0.39, 0.29) is 0 Å². The number of ether oxygens (including phenoxy) is 1. The molecular weight excluding hydrogens is 214 g/mol. The average molecular weight is 231 g/mol. The van der Waals surface area contributed by atoms with Gasteiger partial charge < -0.3 is 10.5 Å². The summed E-state index contributed by atoms with van der Waals surface area (Å²) in [6, 6.07) is 6.08. The van der Waals surface area contributed by atoms with Crippen LogP contribution in [0, 0.1) is 13.8 Å². The van der Waals surface area contributed by atoms with Crippen molar-refractivity contribution in [3.8, 4) is 17.0 Å². The minimum atomic E-state index is 0.561. The van der Waals surface area contributed by atoms with Gasteiger partial charge in [-0.25, -0.2) is 0 Å². The van der Waals surface area contributed by atoms with Gasteiger partial charge >= 0.3 is 0 Å². The number of hydrogen-bond acceptors (Lipinski definition) is 3. The first-order valence-electron chi connectivity index (χ1n) is 5.48. The van der Waals surface area contributed by atoms with Gasteiger partial charge in [0.25, 0.3) is 0 Å². The third-order valence-corrected chi connectivity index (χ3v) is 2.93. The van der Waals surface area contributed by atoms with Crippen LogP contribution in [0.3, 0.4) is 0 Å². The van der Waals surface area contributed by atoms with Gasteiger partial charge in [-0.15, -0.1) is 0 Å². The third-order valence-electron chi connectivity index (χ3n) is 2.93. The van der Waals surface area contributed by atoms with Crippen molar-refractivity contribution in [3.05, 3.63) is 29.3 Å². The molecule has 1 heterocycles. The highest BCUT2D eigenvalue weighted by Crippen LogP contribution is 2.34. The van der Waals surface area contributed by atoms with Crippen LogP contribution in [-0.2, 0) is 7.05 Å². The molecule has 0 bridgehead atoms. The highest BCUT2D eigenvalue weighted by atomic mass is 16.5. The zero-order chi connectivity index (χ0) is 12.6. The van der Waals surface area contributed by atoms with E-state index in [1.54, 1.807) is 11.8 Å². The van der Waals surface area contributed by atoms with Crippen LogP contribution >= 0.6 is 0 Å². The molecule has 2 aromatic rings. The summed E-state index contributed by atoms with van der Waals surface area (Å²) in [5.41, 5.74) is 10.0. The van der Waals surface area contributed by atoms with Crippen molar-refractivity contribution in [2.75, 3.05) is 12.8 Å². The Bertz CT molecular complexity index is 558. The molecule has 0 fully saturated rings. The molecule has 90 valence electrons. The van der Waals surface area contributed by atoms with Crippen molar-refractivity contribution in [2.45, 2.75) is 13.8 Å². The van der Waals surface area contributed by atoms with Crippen LogP contribution in [0.4, 0.5) is 5.82 Å². The lowest BCUT2D eigenvalue weighted by Crippen LogP contribution is -1.97. The Hall–Kier alpha value is -1.97. The fourth-order valence-corrected chi connectivity index (χ4v) is 2.03. The highest BCUT2D eigenvalue weighted by molar-refractivity contribution is 5.74. The lowest BCUT2D eigenvalue weighted by Gasteiger charge is -2.10. The number of nitrogen functional groups attached to an aromatic ring is 1. The number of nitrogens with two attached hydrogens (primary N) is 1. The molecule has 0 saturated carbocycles. The van der Waals surface area contributed by atoms with Crippen LogP contribution < -0.4 is 10.5 Å². The van der Waals surface area contributed by atoms with E-state index in [0.29, 0.717) is 5.82 Å². The Labute approximate surface area is 101 Å². The summed E-state index contributed by atoms with van der Waals surface area (Å²) in [5.74, 6) is 1.40. The van der Waals surface area contributed by atoms with Gasteiger partial charge in [0, 0.05) is 18.2 Å². The fourth-order valence-electron chi connectivity index (χ4n) is 2.03. The molecule has 2 rings (SSSR count). The summed E-state index contributed by atoms with van der Waals surface area (Å²) in [4.78, 5) is 0. The molecule has 0 radical (unpaired) electrons. The maximum Gasteiger partial charge on any atom is 0.149 e. The topological polar surface area (TPSA) is 53.1 Å². The molecule has 2 N–H and O–H groups in total. The molecule has 4 heteroatoms. The molecule has 0 atom stereocenters. The second-order valence-electron chi connectivity index (χ2n) is 4.19. The summed E-state index contributed by atoms with van der Waals surface area (Å²) in [6.07, 6.45) is 0. The molecule has 1 aromatic carbocycles. The van der Waals surface area contributed by atoms with Crippen LogP contribution in [0.5, 0.6) is 5.75 Å². The molecule has 0 spiro atoms. The van der Waals surface area contributed by atoms with Crippen molar-refractivity contribution in [1.29, 1.82) is 0 Å². The quantitative estimate of drug-likeness (QED) is 0.862. The monoisotopic (exact) mass is 231 g/mol. The molecule has 0 saturated heterocycles. The molecule has 0 aliphatic heterocycles. The molecule has 4 nitrogen and oxygen atoms in total. The standard InChI is InChI=1S/C13H17N3O/c1-8-5-6-11(17-4)10(7-8)12-9(2)13(14)15-16(12)3/h5-7H,1-4H3,(H2,14,15). The fraction of sp³-hybridized carbons (Fsp3) is 0.308. The molecule has 0 aliphatic carbocycles. The van der Waals surface area contributed by atoms with Crippen molar-refractivity contribution < 1.29 is 4.74 Å². The van der Waals surface area contributed by atoms with E-state index in [1.165, 1.54) is 5.56 Å². The summed E-state index contributed by atoms with van der Waals surface area (Å²) in [6.45, 7) is 4.03. The van der Waals surface area contributed by atoms with E-state index >= 15 is 0 Å². The number of hydrogen-bond donors (Lipinski definition) is 1. The lowest BCUT2D eigenvalue weighted by molar-refractivity contribution is 0.416. The Morgan fingerprint density at radius 1 is 1.29 bits per heavy atom. The van der Waals surface area contributed by atoms with Gasteiger partial charge in [-0.05, 0) is 26.0 Å². The van der Waals surface area contributed by atoms with Crippen LogP contribution in [0.25, 0.3) is 11.3 Å². The molecule has 17 heavy (non-hydrogen) atoms. The molecular formula is C13H17N3O. The van der Waals surface area contributed by atoms with Crippen molar-refractivity contribution in [3.63, 3.8) is 0 Å². The van der Waals surface area contributed by atoms with Crippen LogP contribution in [0.1, 0.15) is 11.1 Å². The van der Waals surface area contributed by atoms with E-state index in [1.807, 2.05) is 26.1 Å². The third kappa shape index (κ3) is 1.86. The van der Waals surface area contributed by atoms with Gasteiger partial charge in [-0.1, -0.05) is 11.6 Å². The first kappa shape index (κ1) is 11.5. The Morgan fingerprint density at radius 3 is 2.53 bits per heavy atom. The molecule has 1 aromatic heterocycles. The Kier molecular flexibility index (Phi) is 2.79. The average Bonchev–Trinajstić information content (AvgIpc) is 2.53. The molecule has 0 amide bonds. The number of aryl methyl sites for hydroxylation is 2. The van der Waals surface area contributed by atoms with Crippen LogP contribution in [0.15, 0.2) is 18.2 Å². The zero-order valence-corrected chi connectivity index (χ0v) is 10.6. The first-order chi connectivity index (χ1) is 8.04. The first-order valence-corrected chi connectivity index (χ1v) is 5.48. The maximum atomic E-state index is 5.84. The van der Waals surface area contributed by atoms with Crippen molar-refractivity contribution in [2.24, 2.45) is 7.05 Å². The summed E-state index contributed by atoms with van der Waals surface area (Å²) in [7, 11) is 3.56. The lowest BCUT2D eigenvalue weighted by atomic mass is 10.0. The normalized spacial score (nSPS) is 10.6. The van der Waals surface area contributed by atoms with E-state index in [0.717, 1.165) is 22.6 Å². The van der Waals surface area contributed by atoms with E-state index in [4.69, 9.17) is 10.5 Å². The molecule has 0 unspecified atom stereocenters. The summed E-state index contributed by atoms with van der Waals surface area (Å²) >= 11 is 0. The van der Waals surface area contributed by atoms with Gasteiger partial charge in [-0.2, -0.15) is 5.10 Å². The van der Waals surface area contributed by atoms with Gasteiger partial charge in [0.1, 0.15) is 11.6 Å². The predicted molar refractivity (Wildman–Crippen MR) is 69.1 cm³/mol. The largest absolute Gasteiger partial charge is 0.496 e. The van der Waals surface area contributed by atoms with Crippen LogP contribution in [-0.4, -0.2) is 16.9 Å². The van der Waals surface area contributed by atoms with Gasteiger partial charge in [0.15, 0.2) is 0 Å². The zero-order valence-electron chi connectivity index (χ0n) is 10.6. The Balaban J connectivity index is 2.71. The van der Waals surface area contributed by atoms with Crippen LogP contribution in [0.2, 0.25) is 0 Å². The minimum absolute atomic E-state index is 0.561. The smallest absolute Gasteiger partial charge is 0.149 e. The number of nitrogens with zero attached hydrogens (tertiary/aromatic N) is 2. The number of methoxy groups -OCH3 is 1. The van der Waals surface area contributed by atoms with Gasteiger partial charge in [0.2, 0.25) is 0 Å². The number of benzene rings is 1. The van der Waals surface area contributed by atoms with E-state index < -0.39 is 0 Å². The second kappa shape index (κ2) is 4.13. The number of aromatic nitrogens is 2. The van der Waals surface area contributed by atoms with Crippen molar-refractivity contribution >= 4 is 5.82 Å². The van der Waals surface area contributed by atoms with Gasteiger partial charge in [0.05, 0.1) is 12.8 Å². The predicted octanol–water partition coefficient (Wildman–Crippen LogP) is 2.29. The SMILES string of the molecule is COc1ccc(C)cc1-c1c(C)c(N)nn1C. The highest BCUT2D eigenvalue weighted by Gasteiger charge is 2.15. The second-order valence-corrected chi connectivity index (χ2v) is 4.19. The van der Waals surface area contributed by atoms with E-state index in [9.17, 15) is 0 Å². The Morgan fingerprint density at radius 2 is 2.00 bits per heavy atom. The maximum absolute atomic E-state index is 5.84. The number of rotatable bonds is 2. The van der Waals surface area contributed by atoms with Crippen molar-refractivity contribution in [1.82, 2.24) is 9.78 Å². The number of anilines is 1. The summed E-state index contributed by atoms with van der Waals surface area (Å²) in [5, 5.41) is 4.23. The minimum Gasteiger partial charge on any atom is -0.496 e. The van der Waals surface area contributed by atoms with E-state index in [2.05, 4.69) is 18.1 Å². The molecule has 0 aliphatic rings.